The Morgan fingerprint density at radius 2 is 2.22 bits per heavy atom. The minimum Gasteiger partial charge on any atom is -0.311 e. The fourth-order valence-electron chi connectivity index (χ4n) is 0.686. The van der Waals surface area contributed by atoms with E-state index in [4.69, 9.17) is 9.05 Å². The van der Waals surface area contributed by atoms with E-state index in [0.717, 1.165) is 6.42 Å². The molecule has 0 spiro atoms. The zero-order chi connectivity index (χ0) is 6.91. The molecule has 1 aliphatic heterocycles. The predicted octanol–water partition coefficient (Wildman–Crippen LogP) is 1.59. The Bertz CT molecular complexity index is 132. The summed E-state index contributed by atoms with van der Waals surface area (Å²) in [5.74, 6) is 0. The minimum absolute atomic E-state index is 0.242. The Kier molecular flexibility index (Phi) is 1.94. The molecule has 0 aromatic carbocycles. The zero-order valence-corrected chi connectivity index (χ0v) is 6.64. The summed E-state index contributed by atoms with van der Waals surface area (Å²) >= 11 is 0. The van der Waals surface area contributed by atoms with Crippen LogP contribution in [0.4, 0.5) is 0 Å². The lowest BCUT2D eigenvalue weighted by Crippen LogP contribution is -2.26. The molecule has 3 nitrogen and oxygen atoms in total. The molecule has 4 heteroatoms. The lowest BCUT2D eigenvalue weighted by Gasteiger charge is -2.28. The largest absolute Gasteiger partial charge is 0.319 e. The molecule has 1 rings (SSSR count). The second-order valence-electron chi connectivity index (χ2n) is 2.71. The van der Waals surface area contributed by atoms with Gasteiger partial charge in [-0.25, -0.2) is 0 Å². The average Bonchev–Trinajstić information content (AvgIpc) is 1.60. The van der Waals surface area contributed by atoms with Gasteiger partial charge >= 0.3 is 8.25 Å². The van der Waals surface area contributed by atoms with E-state index in [0.29, 0.717) is 6.61 Å². The maximum absolute atomic E-state index is 10.6. The highest BCUT2D eigenvalue weighted by molar-refractivity contribution is 7.33. The van der Waals surface area contributed by atoms with Gasteiger partial charge in [-0.2, -0.15) is 0 Å². The molecule has 0 aromatic heterocycles. The van der Waals surface area contributed by atoms with E-state index in [2.05, 4.69) is 0 Å². The van der Waals surface area contributed by atoms with E-state index in [1.807, 2.05) is 13.8 Å². The van der Waals surface area contributed by atoms with Gasteiger partial charge in [0.05, 0.1) is 12.2 Å². The first-order valence-electron chi connectivity index (χ1n) is 2.96. The standard InChI is InChI=1S/C5H11O3P/c1-5(2)3-4-7-9(6)8-5/h9H,3-4H2,1-2H3. The Labute approximate surface area is 55.3 Å². The lowest BCUT2D eigenvalue weighted by atomic mass is 10.1. The third-order valence-corrected chi connectivity index (χ3v) is 2.44. The van der Waals surface area contributed by atoms with Crippen molar-refractivity contribution in [2.75, 3.05) is 6.61 Å². The molecule has 1 heterocycles. The second kappa shape index (κ2) is 2.41. The van der Waals surface area contributed by atoms with E-state index < -0.39 is 8.25 Å². The summed E-state index contributed by atoms with van der Waals surface area (Å²) in [6, 6.07) is 0. The van der Waals surface area contributed by atoms with E-state index in [1.54, 1.807) is 0 Å². The molecule has 1 aliphatic rings. The Hall–Kier alpha value is 0.150. The van der Waals surface area contributed by atoms with Crippen molar-refractivity contribution in [1.82, 2.24) is 0 Å². The Morgan fingerprint density at radius 1 is 1.56 bits per heavy atom. The molecule has 9 heavy (non-hydrogen) atoms. The van der Waals surface area contributed by atoms with Gasteiger partial charge in [0.2, 0.25) is 0 Å². The molecule has 1 atom stereocenters. The van der Waals surface area contributed by atoms with Crippen LogP contribution in [0.1, 0.15) is 20.3 Å². The van der Waals surface area contributed by atoms with Gasteiger partial charge in [0.15, 0.2) is 0 Å². The SMILES string of the molecule is CC1(C)CCO[PH](=O)O1. The van der Waals surface area contributed by atoms with Crippen LogP contribution in [0.15, 0.2) is 0 Å². The predicted molar refractivity (Wildman–Crippen MR) is 34.7 cm³/mol. The minimum atomic E-state index is -2.15. The molecule has 1 fully saturated rings. The summed E-state index contributed by atoms with van der Waals surface area (Å²) < 4.78 is 20.4. The van der Waals surface area contributed by atoms with Gasteiger partial charge < -0.3 is 9.05 Å². The van der Waals surface area contributed by atoms with Crippen molar-refractivity contribution in [3.63, 3.8) is 0 Å². The molecule has 0 amide bonds. The van der Waals surface area contributed by atoms with Gasteiger partial charge in [0.25, 0.3) is 0 Å². The summed E-state index contributed by atoms with van der Waals surface area (Å²) in [5.41, 5.74) is -0.242. The molecule has 0 N–H and O–H groups in total. The highest BCUT2D eigenvalue weighted by atomic mass is 31.1. The molecular weight excluding hydrogens is 139 g/mol. The lowest BCUT2D eigenvalue weighted by molar-refractivity contribution is 0.0317. The van der Waals surface area contributed by atoms with Crippen LogP contribution in [-0.4, -0.2) is 12.2 Å². The molecule has 1 unspecified atom stereocenters. The number of rotatable bonds is 0. The summed E-state index contributed by atoms with van der Waals surface area (Å²) in [4.78, 5) is 0. The van der Waals surface area contributed by atoms with Crippen LogP contribution in [0.25, 0.3) is 0 Å². The van der Waals surface area contributed by atoms with Crippen molar-refractivity contribution in [1.29, 1.82) is 0 Å². The molecule has 0 bridgehead atoms. The van der Waals surface area contributed by atoms with Crippen LogP contribution in [0.2, 0.25) is 0 Å². The highest BCUT2D eigenvalue weighted by Gasteiger charge is 2.26. The quantitative estimate of drug-likeness (QED) is 0.492. The van der Waals surface area contributed by atoms with E-state index >= 15 is 0 Å². The summed E-state index contributed by atoms with van der Waals surface area (Å²) in [6.07, 6.45) is 0.823. The molecule has 0 saturated carbocycles. The van der Waals surface area contributed by atoms with Gasteiger partial charge in [-0.05, 0) is 13.8 Å². The molecule has 54 valence electrons. The number of hydrogen-bond acceptors (Lipinski definition) is 3. The van der Waals surface area contributed by atoms with Gasteiger partial charge in [-0.1, -0.05) is 0 Å². The molecular formula is C5H11O3P. The summed E-state index contributed by atoms with van der Waals surface area (Å²) in [6.45, 7) is 4.39. The first-order chi connectivity index (χ1) is 4.10. The van der Waals surface area contributed by atoms with Gasteiger partial charge in [0.1, 0.15) is 0 Å². The van der Waals surface area contributed by atoms with Crippen molar-refractivity contribution in [2.45, 2.75) is 25.9 Å². The van der Waals surface area contributed by atoms with Crippen molar-refractivity contribution in [3.05, 3.63) is 0 Å². The fourth-order valence-corrected chi connectivity index (χ4v) is 1.57. The normalized spacial score (nSPS) is 34.2. The van der Waals surface area contributed by atoms with E-state index in [1.165, 1.54) is 0 Å². The van der Waals surface area contributed by atoms with Crippen LogP contribution in [0.5, 0.6) is 0 Å². The van der Waals surface area contributed by atoms with Crippen LogP contribution in [0.3, 0.4) is 0 Å². The van der Waals surface area contributed by atoms with Crippen molar-refractivity contribution < 1.29 is 13.6 Å². The first kappa shape index (κ1) is 7.26. The van der Waals surface area contributed by atoms with Gasteiger partial charge in [-0.15, -0.1) is 0 Å². The zero-order valence-electron chi connectivity index (χ0n) is 5.64. The maximum Gasteiger partial charge on any atom is 0.319 e. The van der Waals surface area contributed by atoms with Crippen LogP contribution < -0.4 is 0 Å². The smallest absolute Gasteiger partial charge is 0.311 e. The third-order valence-electron chi connectivity index (χ3n) is 1.28. The highest BCUT2D eigenvalue weighted by Crippen LogP contribution is 2.37. The van der Waals surface area contributed by atoms with Gasteiger partial charge in [0, 0.05) is 6.42 Å². The van der Waals surface area contributed by atoms with E-state index in [-0.39, 0.29) is 5.60 Å². The fraction of sp³-hybridized carbons (Fsp3) is 1.00. The number of hydrogen-bond donors (Lipinski definition) is 0. The maximum atomic E-state index is 10.6. The van der Waals surface area contributed by atoms with Crippen LogP contribution >= 0.6 is 8.25 Å². The molecule has 0 radical (unpaired) electrons. The van der Waals surface area contributed by atoms with Crippen molar-refractivity contribution >= 4 is 8.25 Å². The monoisotopic (exact) mass is 150 g/mol. The van der Waals surface area contributed by atoms with Crippen molar-refractivity contribution in [3.8, 4) is 0 Å². The van der Waals surface area contributed by atoms with Crippen LogP contribution in [-0.2, 0) is 13.6 Å². The average molecular weight is 150 g/mol. The summed E-state index contributed by atoms with van der Waals surface area (Å²) in [5, 5.41) is 0. The molecule has 1 saturated heterocycles. The van der Waals surface area contributed by atoms with Crippen LogP contribution in [0, 0.1) is 0 Å². The Balaban J connectivity index is 2.51. The van der Waals surface area contributed by atoms with E-state index in [9.17, 15) is 4.57 Å². The van der Waals surface area contributed by atoms with Crippen molar-refractivity contribution in [2.24, 2.45) is 0 Å². The topological polar surface area (TPSA) is 35.5 Å². The second-order valence-corrected chi connectivity index (χ2v) is 3.70. The third kappa shape index (κ3) is 2.09. The summed E-state index contributed by atoms with van der Waals surface area (Å²) in [7, 11) is -2.15. The molecule has 0 aliphatic carbocycles. The first-order valence-corrected chi connectivity index (χ1v) is 4.18. The molecule has 0 aromatic rings. The van der Waals surface area contributed by atoms with Gasteiger partial charge in [-0.3, -0.25) is 4.57 Å². The Morgan fingerprint density at radius 3 is 2.56 bits per heavy atom.